The number of carbonyl (C=O) groups is 2. The second kappa shape index (κ2) is 4.99. The maximum absolute atomic E-state index is 11.9. The standard InChI is InChI=1S/C11H10F3NO2/c1-7-2-4-8(5-3-7)15-10(17)6-9(16)11(12,13)14/h2-5H,6H2,1H3,(H,15,17). The fourth-order valence-corrected chi connectivity index (χ4v) is 1.09. The second-order valence-electron chi connectivity index (χ2n) is 3.51. The van der Waals surface area contributed by atoms with E-state index in [0.717, 1.165) is 5.56 Å². The van der Waals surface area contributed by atoms with Crippen molar-refractivity contribution in [3.63, 3.8) is 0 Å². The fraction of sp³-hybridized carbons (Fsp3) is 0.273. The van der Waals surface area contributed by atoms with Crippen LogP contribution in [0.15, 0.2) is 24.3 Å². The zero-order chi connectivity index (χ0) is 13.1. The number of alkyl halides is 3. The molecule has 0 aliphatic heterocycles. The molecule has 0 spiro atoms. The molecular weight excluding hydrogens is 235 g/mol. The number of ketones is 1. The van der Waals surface area contributed by atoms with Gasteiger partial charge in [-0.3, -0.25) is 9.59 Å². The number of Topliss-reactive ketones (excluding diaryl/α,β-unsaturated/α-hetero) is 1. The third kappa shape index (κ3) is 4.26. The average Bonchev–Trinajstić information content (AvgIpc) is 2.20. The van der Waals surface area contributed by atoms with Crippen LogP contribution in [0.25, 0.3) is 0 Å². The van der Waals surface area contributed by atoms with E-state index >= 15 is 0 Å². The lowest BCUT2D eigenvalue weighted by Gasteiger charge is -2.06. The molecule has 1 amide bonds. The quantitative estimate of drug-likeness (QED) is 0.831. The third-order valence-corrected chi connectivity index (χ3v) is 1.97. The number of carbonyl (C=O) groups excluding carboxylic acids is 2. The first kappa shape index (κ1) is 13.2. The molecule has 17 heavy (non-hydrogen) atoms. The molecule has 3 nitrogen and oxygen atoms in total. The van der Waals surface area contributed by atoms with Crippen molar-refractivity contribution in [3.05, 3.63) is 29.8 Å². The summed E-state index contributed by atoms with van der Waals surface area (Å²) >= 11 is 0. The van der Waals surface area contributed by atoms with Crippen molar-refractivity contribution in [3.8, 4) is 0 Å². The molecule has 0 aliphatic carbocycles. The van der Waals surface area contributed by atoms with Crippen LogP contribution in [0.4, 0.5) is 18.9 Å². The fourth-order valence-electron chi connectivity index (χ4n) is 1.09. The largest absolute Gasteiger partial charge is 0.450 e. The van der Waals surface area contributed by atoms with E-state index in [2.05, 4.69) is 5.32 Å². The van der Waals surface area contributed by atoms with Gasteiger partial charge in [0.05, 0.1) is 6.42 Å². The first-order valence-corrected chi connectivity index (χ1v) is 4.75. The second-order valence-corrected chi connectivity index (χ2v) is 3.51. The van der Waals surface area contributed by atoms with E-state index in [1.807, 2.05) is 6.92 Å². The van der Waals surface area contributed by atoms with Crippen LogP contribution in [-0.2, 0) is 9.59 Å². The van der Waals surface area contributed by atoms with E-state index in [1.165, 1.54) is 0 Å². The van der Waals surface area contributed by atoms with Crippen molar-refractivity contribution < 1.29 is 22.8 Å². The smallest absolute Gasteiger partial charge is 0.326 e. The number of hydrogen-bond donors (Lipinski definition) is 1. The topological polar surface area (TPSA) is 46.2 Å². The molecule has 92 valence electrons. The average molecular weight is 245 g/mol. The number of benzene rings is 1. The number of aryl methyl sites for hydroxylation is 1. The van der Waals surface area contributed by atoms with E-state index in [0.29, 0.717) is 5.69 Å². The van der Waals surface area contributed by atoms with Crippen LogP contribution in [0.3, 0.4) is 0 Å². The van der Waals surface area contributed by atoms with Gasteiger partial charge in [0.2, 0.25) is 11.7 Å². The summed E-state index contributed by atoms with van der Waals surface area (Å²) in [6, 6.07) is 6.49. The summed E-state index contributed by atoms with van der Waals surface area (Å²) in [7, 11) is 0. The summed E-state index contributed by atoms with van der Waals surface area (Å²) in [4.78, 5) is 21.7. The Morgan fingerprint density at radius 3 is 2.18 bits per heavy atom. The molecule has 0 fully saturated rings. The Morgan fingerprint density at radius 1 is 1.18 bits per heavy atom. The van der Waals surface area contributed by atoms with E-state index in [4.69, 9.17) is 0 Å². The molecule has 1 aromatic carbocycles. The van der Waals surface area contributed by atoms with Crippen LogP contribution >= 0.6 is 0 Å². The highest BCUT2D eigenvalue weighted by molar-refractivity contribution is 6.06. The van der Waals surface area contributed by atoms with Crippen LogP contribution in [0.1, 0.15) is 12.0 Å². The number of rotatable bonds is 3. The molecule has 0 saturated carbocycles. The predicted molar refractivity (Wildman–Crippen MR) is 55.5 cm³/mol. The molecule has 0 saturated heterocycles. The van der Waals surface area contributed by atoms with Crippen molar-refractivity contribution in [2.45, 2.75) is 19.5 Å². The van der Waals surface area contributed by atoms with Gasteiger partial charge in [0.25, 0.3) is 0 Å². The minimum absolute atomic E-state index is 0.357. The molecular formula is C11H10F3NO2. The first-order valence-electron chi connectivity index (χ1n) is 4.75. The molecule has 1 rings (SSSR count). The Labute approximate surface area is 95.6 Å². The number of halogens is 3. The van der Waals surface area contributed by atoms with Crippen molar-refractivity contribution in [2.24, 2.45) is 0 Å². The van der Waals surface area contributed by atoms with Gasteiger partial charge in [0.15, 0.2) is 0 Å². The molecule has 1 N–H and O–H groups in total. The highest BCUT2D eigenvalue weighted by Gasteiger charge is 2.39. The lowest BCUT2D eigenvalue weighted by Crippen LogP contribution is -2.27. The SMILES string of the molecule is Cc1ccc(NC(=O)CC(=O)C(F)(F)F)cc1. The van der Waals surface area contributed by atoms with Gasteiger partial charge in [-0.05, 0) is 19.1 Å². The lowest BCUT2D eigenvalue weighted by molar-refractivity contribution is -0.171. The minimum Gasteiger partial charge on any atom is -0.326 e. The Bertz CT molecular complexity index is 423. The number of nitrogens with one attached hydrogen (secondary N) is 1. The van der Waals surface area contributed by atoms with Crippen LogP contribution in [0.5, 0.6) is 0 Å². The third-order valence-electron chi connectivity index (χ3n) is 1.97. The van der Waals surface area contributed by atoms with Crippen LogP contribution in [-0.4, -0.2) is 17.9 Å². The van der Waals surface area contributed by atoms with Gasteiger partial charge in [-0.1, -0.05) is 17.7 Å². The number of amides is 1. The molecule has 0 radical (unpaired) electrons. The Morgan fingerprint density at radius 2 is 1.71 bits per heavy atom. The highest BCUT2D eigenvalue weighted by Crippen LogP contribution is 2.18. The summed E-state index contributed by atoms with van der Waals surface area (Å²) in [5, 5.41) is 2.21. The monoisotopic (exact) mass is 245 g/mol. The van der Waals surface area contributed by atoms with Gasteiger partial charge in [-0.15, -0.1) is 0 Å². The minimum atomic E-state index is -4.97. The van der Waals surface area contributed by atoms with Crippen LogP contribution in [0.2, 0.25) is 0 Å². The maximum atomic E-state index is 11.9. The van der Waals surface area contributed by atoms with Gasteiger partial charge in [0, 0.05) is 5.69 Å². The zero-order valence-corrected chi connectivity index (χ0v) is 8.97. The molecule has 0 aromatic heterocycles. The predicted octanol–water partition coefficient (Wildman–Crippen LogP) is 2.46. The van der Waals surface area contributed by atoms with Gasteiger partial charge < -0.3 is 5.32 Å². The number of hydrogen-bond acceptors (Lipinski definition) is 2. The Balaban J connectivity index is 2.56. The zero-order valence-electron chi connectivity index (χ0n) is 8.97. The normalized spacial score (nSPS) is 11.1. The van der Waals surface area contributed by atoms with E-state index in [1.54, 1.807) is 24.3 Å². The van der Waals surface area contributed by atoms with Gasteiger partial charge in [0.1, 0.15) is 0 Å². The molecule has 0 heterocycles. The summed E-state index contributed by atoms with van der Waals surface area (Å²) in [5.41, 5.74) is 1.31. The van der Waals surface area contributed by atoms with E-state index in [9.17, 15) is 22.8 Å². The van der Waals surface area contributed by atoms with Gasteiger partial charge >= 0.3 is 6.18 Å². The van der Waals surface area contributed by atoms with E-state index in [-0.39, 0.29) is 0 Å². The molecule has 1 aromatic rings. The van der Waals surface area contributed by atoms with Crippen molar-refractivity contribution in [1.82, 2.24) is 0 Å². The van der Waals surface area contributed by atoms with Crippen LogP contribution < -0.4 is 5.32 Å². The van der Waals surface area contributed by atoms with Gasteiger partial charge in [-0.2, -0.15) is 13.2 Å². The highest BCUT2D eigenvalue weighted by atomic mass is 19.4. The first-order chi connectivity index (χ1) is 7.79. The van der Waals surface area contributed by atoms with Gasteiger partial charge in [-0.25, -0.2) is 0 Å². The number of anilines is 1. The Hall–Kier alpha value is -1.85. The lowest BCUT2D eigenvalue weighted by atomic mass is 10.2. The maximum Gasteiger partial charge on any atom is 0.450 e. The van der Waals surface area contributed by atoms with Crippen molar-refractivity contribution in [1.29, 1.82) is 0 Å². The Kier molecular flexibility index (Phi) is 3.88. The van der Waals surface area contributed by atoms with E-state index < -0.39 is 24.3 Å². The summed E-state index contributed by atoms with van der Waals surface area (Å²) in [6.07, 6.45) is -6.16. The molecule has 0 unspecified atom stereocenters. The van der Waals surface area contributed by atoms with Crippen molar-refractivity contribution >= 4 is 17.4 Å². The molecule has 0 aliphatic rings. The molecule has 0 bridgehead atoms. The van der Waals surface area contributed by atoms with Crippen molar-refractivity contribution in [2.75, 3.05) is 5.32 Å². The molecule has 0 atom stereocenters. The summed E-state index contributed by atoms with van der Waals surface area (Å²) < 4.78 is 35.6. The summed E-state index contributed by atoms with van der Waals surface area (Å²) in [5.74, 6) is -3.03. The van der Waals surface area contributed by atoms with Crippen LogP contribution in [0, 0.1) is 6.92 Å². The summed E-state index contributed by atoms with van der Waals surface area (Å²) in [6.45, 7) is 1.83. The molecule has 6 heteroatoms.